The number of unbranched alkanes of at least 4 members (excludes halogenated alkanes) is 1. The highest BCUT2D eigenvalue weighted by Gasteiger charge is 2.41. The van der Waals surface area contributed by atoms with Gasteiger partial charge in [-0.05, 0) is 68.1 Å². The van der Waals surface area contributed by atoms with Crippen LogP contribution in [0.4, 0.5) is 5.69 Å². The number of aliphatic carboxylic acids is 2. The Morgan fingerprint density at radius 1 is 1.02 bits per heavy atom. The molecule has 1 fully saturated rings. The summed E-state index contributed by atoms with van der Waals surface area (Å²) in [4.78, 5) is 32.4. The molecule has 1 saturated carbocycles. The number of carboxylic acids is 2. The second kappa shape index (κ2) is 17.7. The molecule has 0 bridgehead atoms. The lowest BCUT2D eigenvalue weighted by Gasteiger charge is -2.38. The molecule has 4 rings (SSSR count). The first-order chi connectivity index (χ1) is 22.0. The molecule has 250 valence electrons. The summed E-state index contributed by atoms with van der Waals surface area (Å²) in [7, 11) is 3.24. The van der Waals surface area contributed by atoms with Crippen molar-refractivity contribution in [3.05, 3.63) is 63.7 Å². The number of anilines is 1. The molecule has 12 nitrogen and oxygen atoms in total. The van der Waals surface area contributed by atoms with Gasteiger partial charge in [-0.2, -0.15) is 5.10 Å². The number of carbonyl (C=O) groups excluding carboxylic acids is 1. The van der Waals surface area contributed by atoms with Crippen molar-refractivity contribution in [3.8, 4) is 11.5 Å². The number of carboxylic acid groups (broad SMARTS) is 2. The van der Waals surface area contributed by atoms with E-state index in [1.165, 1.54) is 0 Å². The SMILES string of the molecule is COc1ccc(C2=NN(CCCCNCC(O)c3cc(Cl)c(N)c(Cl)c3)C(=O)[C@@H]3CCCC[C@H]23)cc1OC.O=C(O)/C=C/C(=O)O. The summed E-state index contributed by atoms with van der Waals surface area (Å²) in [6.45, 7) is 1.59. The highest BCUT2D eigenvalue weighted by Crippen LogP contribution is 2.39. The van der Waals surface area contributed by atoms with Crippen molar-refractivity contribution in [1.82, 2.24) is 10.3 Å². The summed E-state index contributed by atoms with van der Waals surface area (Å²) in [5.74, 6) is -0.972. The van der Waals surface area contributed by atoms with Crippen LogP contribution < -0.4 is 20.5 Å². The number of aliphatic hydroxyl groups is 1. The Labute approximate surface area is 277 Å². The second-order valence-corrected chi connectivity index (χ2v) is 11.7. The molecule has 0 saturated heterocycles. The van der Waals surface area contributed by atoms with E-state index in [-0.39, 0.29) is 17.7 Å². The number of hydrazone groups is 1. The van der Waals surface area contributed by atoms with Crippen LogP contribution in [0.15, 0.2) is 47.6 Å². The average molecular weight is 680 g/mol. The van der Waals surface area contributed by atoms with Gasteiger partial charge in [-0.3, -0.25) is 4.79 Å². The Morgan fingerprint density at radius 3 is 2.22 bits per heavy atom. The molecule has 46 heavy (non-hydrogen) atoms. The predicted octanol–water partition coefficient (Wildman–Crippen LogP) is 4.76. The van der Waals surface area contributed by atoms with Crippen molar-refractivity contribution >= 4 is 52.4 Å². The van der Waals surface area contributed by atoms with Crippen LogP contribution in [0.25, 0.3) is 0 Å². The van der Waals surface area contributed by atoms with E-state index in [0.29, 0.717) is 64.6 Å². The van der Waals surface area contributed by atoms with E-state index in [9.17, 15) is 19.5 Å². The number of rotatable bonds is 13. The number of hydrogen-bond donors (Lipinski definition) is 5. The maximum Gasteiger partial charge on any atom is 0.328 e. The van der Waals surface area contributed by atoms with Gasteiger partial charge < -0.3 is 35.8 Å². The Bertz CT molecular complexity index is 1410. The molecule has 2 aromatic carbocycles. The molecule has 0 spiro atoms. The molecular formula is C32H40Cl2N4O8. The summed E-state index contributed by atoms with van der Waals surface area (Å²) in [5.41, 5.74) is 8.61. The molecule has 2 aliphatic rings. The van der Waals surface area contributed by atoms with Crippen LogP contribution in [-0.2, 0) is 14.4 Å². The average Bonchev–Trinajstić information content (AvgIpc) is 3.04. The molecule has 0 aromatic heterocycles. The van der Waals surface area contributed by atoms with Gasteiger partial charge in [0, 0.05) is 42.6 Å². The number of fused-ring (bicyclic) bond motifs is 1. The van der Waals surface area contributed by atoms with Crippen LogP contribution in [0.5, 0.6) is 11.5 Å². The Hall–Kier alpha value is -3.84. The number of hydrogen-bond acceptors (Lipinski definition) is 9. The largest absolute Gasteiger partial charge is 0.493 e. The first-order valence-electron chi connectivity index (χ1n) is 14.9. The monoisotopic (exact) mass is 678 g/mol. The fourth-order valence-electron chi connectivity index (χ4n) is 5.43. The van der Waals surface area contributed by atoms with Gasteiger partial charge in [-0.15, -0.1) is 0 Å². The minimum absolute atomic E-state index is 0.0313. The Balaban J connectivity index is 0.000000637. The third-order valence-electron chi connectivity index (χ3n) is 7.76. The summed E-state index contributed by atoms with van der Waals surface area (Å²) < 4.78 is 10.9. The first kappa shape index (κ1) is 36.6. The van der Waals surface area contributed by atoms with Gasteiger partial charge in [0.25, 0.3) is 0 Å². The zero-order chi connectivity index (χ0) is 33.8. The van der Waals surface area contributed by atoms with Gasteiger partial charge in [-0.25, -0.2) is 14.6 Å². The third kappa shape index (κ3) is 10.1. The van der Waals surface area contributed by atoms with Gasteiger partial charge in [0.2, 0.25) is 5.91 Å². The third-order valence-corrected chi connectivity index (χ3v) is 8.39. The molecule has 1 amide bonds. The lowest BCUT2D eigenvalue weighted by molar-refractivity contribution is -0.139. The number of nitrogens with two attached hydrogens (primary N) is 1. The van der Waals surface area contributed by atoms with Gasteiger partial charge in [0.15, 0.2) is 11.5 Å². The number of nitrogen functional groups attached to an aromatic ring is 1. The van der Waals surface area contributed by atoms with Gasteiger partial charge >= 0.3 is 11.9 Å². The Morgan fingerprint density at radius 2 is 1.63 bits per heavy atom. The minimum atomic E-state index is -1.26. The van der Waals surface area contributed by atoms with Crippen LogP contribution in [0.1, 0.15) is 55.8 Å². The highest BCUT2D eigenvalue weighted by molar-refractivity contribution is 6.38. The van der Waals surface area contributed by atoms with Crippen molar-refractivity contribution in [2.75, 3.05) is 39.6 Å². The fraction of sp³-hybridized carbons (Fsp3) is 0.438. The van der Waals surface area contributed by atoms with E-state index in [2.05, 4.69) is 5.32 Å². The molecule has 1 aliphatic carbocycles. The van der Waals surface area contributed by atoms with Crippen molar-refractivity contribution < 1.29 is 39.2 Å². The highest BCUT2D eigenvalue weighted by atomic mass is 35.5. The molecular weight excluding hydrogens is 639 g/mol. The first-order valence-corrected chi connectivity index (χ1v) is 15.6. The van der Waals surface area contributed by atoms with Gasteiger partial charge in [0.1, 0.15) is 0 Å². The molecule has 6 N–H and O–H groups in total. The topological polar surface area (TPSA) is 184 Å². The van der Waals surface area contributed by atoms with Crippen molar-refractivity contribution in [2.45, 2.75) is 44.6 Å². The van der Waals surface area contributed by atoms with E-state index < -0.39 is 18.0 Å². The molecule has 1 heterocycles. The summed E-state index contributed by atoms with van der Waals surface area (Å²) >= 11 is 12.2. The zero-order valence-electron chi connectivity index (χ0n) is 25.7. The normalized spacial score (nSPS) is 18.2. The smallest absolute Gasteiger partial charge is 0.328 e. The quantitative estimate of drug-likeness (QED) is 0.112. The number of nitrogens with one attached hydrogen (secondary N) is 1. The lowest BCUT2D eigenvalue weighted by atomic mass is 9.73. The number of benzene rings is 2. The number of halogens is 2. The number of amides is 1. The Kier molecular flexibility index (Phi) is 14.1. The number of ether oxygens (including phenoxy) is 2. The van der Waals surface area contributed by atoms with E-state index in [0.717, 1.165) is 49.8 Å². The number of methoxy groups -OCH3 is 2. The van der Waals surface area contributed by atoms with Crippen LogP contribution in [0, 0.1) is 11.8 Å². The summed E-state index contributed by atoms with van der Waals surface area (Å²) in [6, 6.07) is 9.10. The molecule has 1 unspecified atom stereocenters. The molecule has 0 radical (unpaired) electrons. The summed E-state index contributed by atoms with van der Waals surface area (Å²) in [5, 5.41) is 36.5. The van der Waals surface area contributed by atoms with Crippen molar-refractivity contribution in [3.63, 3.8) is 0 Å². The van der Waals surface area contributed by atoms with E-state index in [1.54, 1.807) is 31.4 Å². The van der Waals surface area contributed by atoms with Crippen molar-refractivity contribution in [1.29, 1.82) is 0 Å². The van der Waals surface area contributed by atoms with E-state index >= 15 is 0 Å². The van der Waals surface area contributed by atoms with Crippen molar-refractivity contribution in [2.24, 2.45) is 16.9 Å². The number of nitrogens with zero attached hydrogens (tertiary/aromatic N) is 2. The molecule has 1 aliphatic heterocycles. The van der Waals surface area contributed by atoms with Gasteiger partial charge in [0.05, 0.1) is 41.8 Å². The maximum atomic E-state index is 13.3. The maximum absolute atomic E-state index is 13.3. The second-order valence-electron chi connectivity index (χ2n) is 10.8. The van der Waals surface area contributed by atoms with Crippen LogP contribution >= 0.6 is 23.2 Å². The van der Waals surface area contributed by atoms with Gasteiger partial charge in [-0.1, -0.05) is 36.0 Å². The van der Waals surface area contributed by atoms with Crippen LogP contribution in [0.2, 0.25) is 10.0 Å². The fourth-order valence-corrected chi connectivity index (χ4v) is 5.94. The number of aliphatic hydroxyl groups excluding tert-OH is 1. The standard InChI is InChI=1S/C28H36Cl2N4O4.C4H4O4/c1-37-24-10-9-17(15-25(24)38-2)27-19-7-3-4-8-20(19)28(36)34(33-27)12-6-5-11-32-16-23(35)18-13-21(29)26(31)22(30)14-18;5-3(6)1-2-4(7)8/h9-10,13-15,19-20,23,32,35H,3-8,11-12,16,31H2,1-2H3;1-2H,(H,5,6)(H,7,8)/b;2-1+/t19-,20+,23?;/m0./s1. The minimum Gasteiger partial charge on any atom is -0.493 e. The van der Waals surface area contributed by atoms with E-state index in [1.807, 2.05) is 18.2 Å². The zero-order valence-corrected chi connectivity index (χ0v) is 27.3. The lowest BCUT2D eigenvalue weighted by Crippen LogP contribution is -2.46. The molecule has 3 atom stereocenters. The number of carbonyl (C=O) groups is 3. The van der Waals surface area contributed by atoms with Crippen LogP contribution in [-0.4, -0.2) is 77.7 Å². The molecule has 14 heteroatoms. The van der Waals surface area contributed by atoms with E-state index in [4.69, 9.17) is 53.7 Å². The summed E-state index contributed by atoms with van der Waals surface area (Å²) in [6.07, 6.45) is 6.00. The predicted molar refractivity (Wildman–Crippen MR) is 176 cm³/mol. The molecule has 2 aromatic rings. The van der Waals surface area contributed by atoms with Crippen LogP contribution in [0.3, 0.4) is 0 Å².